The summed E-state index contributed by atoms with van der Waals surface area (Å²) in [7, 11) is -4.53. The van der Waals surface area contributed by atoms with E-state index in [0.29, 0.717) is 13.0 Å². The molecule has 0 aliphatic carbocycles. The molecule has 10 heteroatoms. The largest absolute Gasteiger partial charge is 0.472 e. The molecule has 9 nitrogen and oxygen atoms in total. The van der Waals surface area contributed by atoms with Gasteiger partial charge in [0.25, 0.3) is 0 Å². The minimum absolute atomic E-state index is 0.0374. The Labute approximate surface area is 392 Å². The van der Waals surface area contributed by atoms with E-state index in [1.807, 2.05) is 0 Å². The van der Waals surface area contributed by atoms with Gasteiger partial charge in [-0.15, -0.1) is 0 Å². The fraction of sp³-hybridized carbons (Fsp3) is 0.722. The van der Waals surface area contributed by atoms with Gasteiger partial charge in [0.05, 0.1) is 26.4 Å². The fourth-order valence-electron chi connectivity index (χ4n) is 6.71. The summed E-state index contributed by atoms with van der Waals surface area (Å²) in [6.45, 7) is 3.36. The van der Waals surface area contributed by atoms with Crippen LogP contribution in [0, 0.1) is 0 Å². The van der Waals surface area contributed by atoms with E-state index >= 15 is 0 Å². The van der Waals surface area contributed by atoms with Crippen molar-refractivity contribution in [3.8, 4) is 0 Å². The van der Waals surface area contributed by atoms with Crippen molar-refractivity contribution < 1.29 is 43.0 Å². The van der Waals surface area contributed by atoms with Gasteiger partial charge in [-0.3, -0.25) is 13.8 Å². The fourth-order valence-corrected chi connectivity index (χ4v) is 7.50. The summed E-state index contributed by atoms with van der Waals surface area (Å²) in [6.07, 6.45) is 62.6. The molecule has 0 radical (unpaired) electrons. The lowest BCUT2D eigenvalue weighted by atomic mass is 10.1. The van der Waals surface area contributed by atoms with Gasteiger partial charge in [-0.2, -0.15) is 0 Å². The maximum Gasteiger partial charge on any atom is 0.472 e. The number of allylic oxidation sites excluding steroid dienone is 14. The number of aliphatic hydroxyl groups is 2. The van der Waals surface area contributed by atoms with Crippen LogP contribution in [-0.4, -0.2) is 66.3 Å². The molecule has 0 saturated heterocycles. The third kappa shape index (κ3) is 49.1. The average Bonchev–Trinajstić information content (AvgIpc) is 3.29. The van der Waals surface area contributed by atoms with E-state index in [-0.39, 0.29) is 19.6 Å². The van der Waals surface area contributed by atoms with Crippen LogP contribution in [0.2, 0.25) is 0 Å². The number of phosphoric acid groups is 1. The highest BCUT2D eigenvalue weighted by molar-refractivity contribution is 7.47. The van der Waals surface area contributed by atoms with Gasteiger partial charge in [0.1, 0.15) is 12.2 Å². The second-order valence-corrected chi connectivity index (χ2v) is 18.3. The first-order valence-corrected chi connectivity index (χ1v) is 27.1. The van der Waals surface area contributed by atoms with E-state index < -0.39 is 39.2 Å². The molecule has 3 atom stereocenters. The Morgan fingerprint density at radius 3 is 1.34 bits per heavy atom. The first kappa shape index (κ1) is 61.6. The number of unbranched alkanes of at least 4 members (excludes halogenated alkanes) is 20. The predicted molar refractivity (Wildman–Crippen MR) is 269 cm³/mol. The van der Waals surface area contributed by atoms with Crippen LogP contribution in [0.1, 0.15) is 206 Å². The standard InChI is InChI=1S/C54H95O9P/c1-3-5-7-9-11-13-15-17-19-21-23-24-25-26-27-29-31-33-35-37-39-41-43-45-47-60-50-53(51-62-64(58,59)61-49-52(56)48-55)63-54(57)46-44-42-40-38-36-34-32-30-28-22-20-18-16-14-12-10-8-6-4-2/h5,7,11-14,17-20,23-24,28,30,52-53,55-56H,3-4,6,8-10,15-16,21-22,25-27,29,31-51H2,1-2H3,(H,58,59)/b7-5-,13-11-,14-12-,19-17-,20-18-,24-23-,30-28-. The zero-order chi connectivity index (χ0) is 46.7. The molecule has 0 amide bonds. The molecule has 0 rings (SSSR count). The number of hydrogen-bond acceptors (Lipinski definition) is 8. The molecule has 0 heterocycles. The highest BCUT2D eigenvalue weighted by Gasteiger charge is 2.26. The summed E-state index contributed by atoms with van der Waals surface area (Å²) in [5, 5.41) is 18.4. The minimum Gasteiger partial charge on any atom is -0.457 e. The van der Waals surface area contributed by atoms with Crippen molar-refractivity contribution in [1.29, 1.82) is 0 Å². The maximum absolute atomic E-state index is 12.7. The monoisotopic (exact) mass is 919 g/mol. The molecule has 0 saturated carbocycles. The predicted octanol–water partition coefficient (Wildman–Crippen LogP) is 15.0. The first-order valence-electron chi connectivity index (χ1n) is 25.6. The van der Waals surface area contributed by atoms with Crippen molar-refractivity contribution in [2.24, 2.45) is 0 Å². The normalized spacial score (nSPS) is 14.5. The Balaban J connectivity index is 4.11. The van der Waals surface area contributed by atoms with Gasteiger partial charge in [-0.1, -0.05) is 195 Å². The van der Waals surface area contributed by atoms with Crippen molar-refractivity contribution in [3.05, 3.63) is 85.1 Å². The number of esters is 1. The van der Waals surface area contributed by atoms with Crippen LogP contribution < -0.4 is 0 Å². The van der Waals surface area contributed by atoms with Crippen LogP contribution in [0.25, 0.3) is 0 Å². The summed E-state index contributed by atoms with van der Waals surface area (Å²) in [6, 6.07) is 0. The lowest BCUT2D eigenvalue weighted by Gasteiger charge is -2.20. The number of phosphoric ester groups is 1. The summed E-state index contributed by atoms with van der Waals surface area (Å²) in [5.41, 5.74) is 0. The Kier molecular flexibility index (Phi) is 48.2. The van der Waals surface area contributed by atoms with Gasteiger partial charge in [-0.05, 0) is 89.9 Å². The molecule has 0 aromatic carbocycles. The van der Waals surface area contributed by atoms with Crippen LogP contribution in [0.3, 0.4) is 0 Å². The van der Waals surface area contributed by atoms with Crippen molar-refractivity contribution in [1.82, 2.24) is 0 Å². The van der Waals surface area contributed by atoms with E-state index in [9.17, 15) is 19.4 Å². The summed E-state index contributed by atoms with van der Waals surface area (Å²) in [5.74, 6) is -0.398. The number of carbonyl (C=O) groups excluding carboxylic acids is 1. The molecular weight excluding hydrogens is 824 g/mol. The molecule has 0 aromatic rings. The van der Waals surface area contributed by atoms with E-state index in [4.69, 9.17) is 23.6 Å². The number of ether oxygens (including phenoxy) is 2. The van der Waals surface area contributed by atoms with Crippen LogP contribution in [-0.2, 0) is 27.9 Å². The van der Waals surface area contributed by atoms with E-state index in [1.54, 1.807) is 0 Å². The van der Waals surface area contributed by atoms with Crippen molar-refractivity contribution in [2.45, 2.75) is 219 Å². The number of carbonyl (C=O) groups is 1. The van der Waals surface area contributed by atoms with Gasteiger partial charge in [0.15, 0.2) is 0 Å². The molecule has 0 bridgehead atoms. The quantitative estimate of drug-likeness (QED) is 0.0236. The first-order chi connectivity index (χ1) is 31.3. The number of rotatable bonds is 48. The molecule has 0 spiro atoms. The Morgan fingerprint density at radius 2 is 0.891 bits per heavy atom. The SMILES string of the molecule is CC/C=C\C/C=C\C/C=C\C/C=C\CCCCCCCCCCCCCOCC(COP(=O)(O)OCC(O)CO)OC(=O)CCCCCCCC/C=C\C/C=C\C/C=C\CCCCC. The molecule has 0 fully saturated rings. The van der Waals surface area contributed by atoms with Crippen LogP contribution in [0.15, 0.2) is 85.1 Å². The van der Waals surface area contributed by atoms with Crippen LogP contribution >= 0.6 is 7.82 Å². The van der Waals surface area contributed by atoms with Crippen molar-refractivity contribution in [2.75, 3.05) is 33.0 Å². The zero-order valence-corrected chi connectivity index (χ0v) is 41.6. The van der Waals surface area contributed by atoms with Gasteiger partial charge in [0, 0.05) is 13.0 Å². The second-order valence-electron chi connectivity index (χ2n) is 16.8. The lowest BCUT2D eigenvalue weighted by molar-refractivity contribution is -0.154. The highest BCUT2D eigenvalue weighted by Crippen LogP contribution is 2.43. The highest BCUT2D eigenvalue weighted by atomic mass is 31.2. The summed E-state index contributed by atoms with van der Waals surface area (Å²) < 4.78 is 33.5. The third-order valence-corrected chi connectivity index (χ3v) is 11.5. The van der Waals surface area contributed by atoms with E-state index in [2.05, 4.69) is 98.9 Å². The van der Waals surface area contributed by atoms with Gasteiger partial charge >= 0.3 is 13.8 Å². The topological polar surface area (TPSA) is 132 Å². The summed E-state index contributed by atoms with van der Waals surface area (Å²) >= 11 is 0. The molecule has 3 unspecified atom stereocenters. The Bertz CT molecular complexity index is 1270. The van der Waals surface area contributed by atoms with E-state index in [1.165, 1.54) is 83.5 Å². The minimum atomic E-state index is -4.53. The Morgan fingerprint density at radius 1 is 0.500 bits per heavy atom. The molecule has 3 N–H and O–H groups in total. The number of aliphatic hydroxyl groups excluding tert-OH is 2. The molecule has 0 aliphatic rings. The zero-order valence-electron chi connectivity index (χ0n) is 40.7. The molecular formula is C54H95O9P. The van der Waals surface area contributed by atoms with Crippen molar-refractivity contribution in [3.63, 3.8) is 0 Å². The average molecular weight is 919 g/mol. The summed E-state index contributed by atoms with van der Waals surface area (Å²) in [4.78, 5) is 22.7. The second kappa shape index (κ2) is 50.1. The number of hydrogen-bond donors (Lipinski definition) is 3. The lowest BCUT2D eigenvalue weighted by Crippen LogP contribution is -2.29. The van der Waals surface area contributed by atoms with Crippen LogP contribution in [0.5, 0.6) is 0 Å². The molecule has 64 heavy (non-hydrogen) atoms. The van der Waals surface area contributed by atoms with Gasteiger partial charge in [0.2, 0.25) is 0 Å². The molecule has 0 aliphatic heterocycles. The maximum atomic E-state index is 12.7. The smallest absolute Gasteiger partial charge is 0.457 e. The van der Waals surface area contributed by atoms with Crippen LogP contribution in [0.4, 0.5) is 0 Å². The third-order valence-electron chi connectivity index (χ3n) is 10.6. The van der Waals surface area contributed by atoms with E-state index in [0.717, 1.165) is 96.3 Å². The molecule has 370 valence electrons. The van der Waals surface area contributed by atoms with Gasteiger partial charge < -0.3 is 24.6 Å². The van der Waals surface area contributed by atoms with Gasteiger partial charge in [-0.25, -0.2) is 4.57 Å². The van der Waals surface area contributed by atoms with Crippen molar-refractivity contribution >= 4 is 13.8 Å². The Hall–Kier alpha value is -2.36. The molecule has 0 aromatic heterocycles.